The quantitative estimate of drug-likeness (QED) is 0.315. The summed E-state index contributed by atoms with van der Waals surface area (Å²) in [6.45, 7) is 3.69. The van der Waals surface area contributed by atoms with Crippen molar-refractivity contribution in [3.8, 4) is 0 Å². The second kappa shape index (κ2) is 9.65. The van der Waals surface area contributed by atoms with Crippen LogP contribution in [0.5, 0.6) is 0 Å². The zero-order valence-corrected chi connectivity index (χ0v) is 14.1. The minimum Gasteiger partial charge on any atom is -0.377 e. The Morgan fingerprint density at radius 3 is 2.30 bits per heavy atom. The van der Waals surface area contributed by atoms with Gasteiger partial charge in [0.15, 0.2) is 0 Å². The van der Waals surface area contributed by atoms with Gasteiger partial charge in [0.05, 0.1) is 19.3 Å². The first-order chi connectivity index (χ1) is 9.65. The molecule has 0 aliphatic carbocycles. The van der Waals surface area contributed by atoms with E-state index in [0.717, 1.165) is 38.5 Å². The molecule has 0 aromatic carbocycles. The lowest BCUT2D eigenvalue weighted by molar-refractivity contribution is 0.0499. The van der Waals surface area contributed by atoms with Crippen LogP contribution in [0.15, 0.2) is 12.2 Å². The normalized spacial score (nSPS) is 20.5. The fourth-order valence-corrected chi connectivity index (χ4v) is 3.53. The van der Waals surface area contributed by atoms with Crippen molar-refractivity contribution in [3.05, 3.63) is 12.2 Å². The molecule has 1 aliphatic heterocycles. The van der Waals surface area contributed by atoms with E-state index in [9.17, 15) is 0 Å². The summed E-state index contributed by atoms with van der Waals surface area (Å²) in [4.78, 5) is 0. The highest BCUT2D eigenvalue weighted by Crippen LogP contribution is 2.16. The molecule has 2 atom stereocenters. The molecule has 0 spiro atoms. The summed E-state index contributed by atoms with van der Waals surface area (Å²) in [5.74, 6) is 0. The van der Waals surface area contributed by atoms with Crippen LogP contribution in [-0.2, 0) is 22.8 Å². The van der Waals surface area contributed by atoms with Crippen LogP contribution in [0.2, 0.25) is 6.04 Å². The van der Waals surface area contributed by atoms with Crippen molar-refractivity contribution >= 4 is 8.80 Å². The van der Waals surface area contributed by atoms with Gasteiger partial charge >= 0.3 is 8.80 Å². The van der Waals surface area contributed by atoms with E-state index >= 15 is 0 Å². The van der Waals surface area contributed by atoms with Gasteiger partial charge in [-0.05, 0) is 26.2 Å². The molecule has 20 heavy (non-hydrogen) atoms. The summed E-state index contributed by atoms with van der Waals surface area (Å²) in [6.07, 6.45) is 7.95. The Bertz CT molecular complexity index is 268. The molecule has 1 aliphatic rings. The fraction of sp³-hybridized carbons (Fsp3) is 0.857. The van der Waals surface area contributed by atoms with E-state index in [2.05, 4.69) is 19.1 Å². The van der Waals surface area contributed by atoms with Gasteiger partial charge < -0.3 is 22.8 Å². The zero-order valence-electron chi connectivity index (χ0n) is 13.1. The average Bonchev–Trinajstić information content (AvgIpc) is 3.29. The number of allylic oxidation sites excluding steroid dienone is 2. The molecule has 0 aromatic heterocycles. The van der Waals surface area contributed by atoms with Gasteiger partial charge in [-0.2, -0.15) is 0 Å². The van der Waals surface area contributed by atoms with Crippen LogP contribution in [0.25, 0.3) is 0 Å². The molecule has 0 bridgehead atoms. The maximum Gasteiger partial charge on any atom is 0.500 e. The molecule has 1 heterocycles. The molecule has 6 heteroatoms. The van der Waals surface area contributed by atoms with Gasteiger partial charge in [0.25, 0.3) is 0 Å². The third-order valence-corrected chi connectivity index (χ3v) is 6.19. The van der Waals surface area contributed by atoms with Crippen molar-refractivity contribution in [2.75, 3.05) is 34.5 Å². The largest absolute Gasteiger partial charge is 0.500 e. The third kappa shape index (κ3) is 6.96. The van der Waals surface area contributed by atoms with Gasteiger partial charge in [0, 0.05) is 27.4 Å². The topological polar surface area (TPSA) is 49.5 Å². The first-order valence-corrected chi connectivity index (χ1v) is 9.12. The van der Waals surface area contributed by atoms with Gasteiger partial charge in [-0.25, -0.2) is 0 Å². The molecular formula is C14H28O5Si. The monoisotopic (exact) mass is 304 g/mol. The molecule has 1 saturated heterocycles. The Morgan fingerprint density at radius 1 is 1.15 bits per heavy atom. The maximum atomic E-state index is 5.67. The van der Waals surface area contributed by atoms with E-state index in [1.165, 1.54) is 0 Å². The number of rotatable bonds is 12. The van der Waals surface area contributed by atoms with Crippen molar-refractivity contribution in [1.82, 2.24) is 0 Å². The highest BCUT2D eigenvalue weighted by atomic mass is 28.4. The van der Waals surface area contributed by atoms with E-state index < -0.39 is 8.80 Å². The van der Waals surface area contributed by atoms with Crippen LogP contribution >= 0.6 is 0 Å². The first kappa shape index (κ1) is 17.8. The van der Waals surface area contributed by atoms with E-state index in [1.54, 1.807) is 21.3 Å². The molecule has 0 amide bonds. The first-order valence-electron chi connectivity index (χ1n) is 7.19. The molecule has 0 aromatic rings. The summed E-state index contributed by atoms with van der Waals surface area (Å²) in [5, 5.41) is 0. The number of ether oxygens (including phenoxy) is 2. The van der Waals surface area contributed by atoms with E-state index in [-0.39, 0.29) is 6.10 Å². The van der Waals surface area contributed by atoms with Crippen LogP contribution in [-0.4, -0.2) is 55.6 Å². The summed E-state index contributed by atoms with van der Waals surface area (Å²) in [5.41, 5.74) is 0. The summed E-state index contributed by atoms with van der Waals surface area (Å²) < 4.78 is 26.9. The average molecular weight is 304 g/mol. The highest BCUT2D eigenvalue weighted by Gasteiger charge is 2.36. The van der Waals surface area contributed by atoms with Crippen molar-refractivity contribution in [2.45, 2.75) is 44.4 Å². The van der Waals surface area contributed by atoms with Crippen molar-refractivity contribution in [2.24, 2.45) is 0 Å². The Balaban J connectivity index is 2.05. The van der Waals surface area contributed by atoms with Crippen molar-refractivity contribution in [1.29, 1.82) is 0 Å². The van der Waals surface area contributed by atoms with Gasteiger partial charge in [0.1, 0.15) is 6.10 Å². The predicted octanol–water partition coefficient (Wildman–Crippen LogP) is 2.39. The number of hydrogen-bond donors (Lipinski definition) is 0. The molecule has 118 valence electrons. The molecule has 5 nitrogen and oxygen atoms in total. The van der Waals surface area contributed by atoms with Gasteiger partial charge in [-0.3, -0.25) is 0 Å². The highest BCUT2D eigenvalue weighted by molar-refractivity contribution is 6.60. The van der Waals surface area contributed by atoms with Crippen LogP contribution in [0.4, 0.5) is 0 Å². The van der Waals surface area contributed by atoms with Crippen LogP contribution in [0, 0.1) is 0 Å². The predicted molar refractivity (Wildman–Crippen MR) is 79.7 cm³/mol. The maximum absolute atomic E-state index is 5.67. The van der Waals surface area contributed by atoms with E-state index in [4.69, 9.17) is 22.8 Å². The minimum atomic E-state index is -2.41. The zero-order chi connectivity index (χ0) is 14.8. The molecular weight excluding hydrogens is 276 g/mol. The second-order valence-electron chi connectivity index (χ2n) is 4.98. The Labute approximate surface area is 123 Å². The Morgan fingerprint density at radius 2 is 1.75 bits per heavy atom. The molecule has 0 N–H and O–H groups in total. The Kier molecular flexibility index (Phi) is 8.59. The summed E-state index contributed by atoms with van der Waals surface area (Å²) >= 11 is 0. The van der Waals surface area contributed by atoms with E-state index in [0.29, 0.717) is 6.10 Å². The minimum absolute atomic E-state index is 0.286. The van der Waals surface area contributed by atoms with E-state index in [1.807, 2.05) is 0 Å². The SMILES string of the molecule is CO[Si](CCC=CCCC(C)OCC1CO1)(OC)OC. The van der Waals surface area contributed by atoms with Gasteiger partial charge in [0.2, 0.25) is 0 Å². The van der Waals surface area contributed by atoms with Crippen molar-refractivity contribution in [3.63, 3.8) is 0 Å². The lowest BCUT2D eigenvalue weighted by Gasteiger charge is -2.23. The Hall–Kier alpha value is -0.243. The van der Waals surface area contributed by atoms with Crippen molar-refractivity contribution < 1.29 is 22.8 Å². The number of epoxide rings is 1. The smallest absolute Gasteiger partial charge is 0.377 e. The second-order valence-corrected chi connectivity index (χ2v) is 8.07. The van der Waals surface area contributed by atoms with Gasteiger partial charge in [-0.15, -0.1) is 0 Å². The van der Waals surface area contributed by atoms with Crippen LogP contribution in [0.3, 0.4) is 0 Å². The molecule has 0 radical (unpaired) electrons. The third-order valence-electron chi connectivity index (χ3n) is 3.43. The molecule has 1 fully saturated rings. The lowest BCUT2D eigenvalue weighted by Crippen LogP contribution is -2.42. The standard InChI is InChI=1S/C14H28O5Si/c1-13(18-11-14-12-19-14)9-7-5-6-8-10-20(15-2,16-3)17-4/h5-6,13-14H,7-12H2,1-4H3. The fourth-order valence-electron chi connectivity index (χ4n) is 1.90. The summed E-state index contributed by atoms with van der Waals surface area (Å²) in [6, 6.07) is 0.804. The molecule has 1 rings (SSSR count). The van der Waals surface area contributed by atoms with Crippen LogP contribution in [0.1, 0.15) is 26.2 Å². The van der Waals surface area contributed by atoms with Gasteiger partial charge in [-0.1, -0.05) is 12.2 Å². The summed E-state index contributed by atoms with van der Waals surface area (Å²) in [7, 11) is 2.53. The lowest BCUT2D eigenvalue weighted by atomic mass is 10.2. The molecule has 2 unspecified atom stereocenters. The number of hydrogen-bond acceptors (Lipinski definition) is 5. The van der Waals surface area contributed by atoms with Crippen LogP contribution < -0.4 is 0 Å². The molecule has 0 saturated carbocycles.